The molecular formula is C13H23N3O3S. The molecule has 0 aromatic rings. The number of nitrogens with zero attached hydrogens (tertiary/aromatic N) is 1. The first-order valence-electron chi connectivity index (χ1n) is 6.75. The van der Waals surface area contributed by atoms with Crippen LogP contribution in [0.4, 0.5) is 0 Å². The van der Waals surface area contributed by atoms with Crippen molar-refractivity contribution in [2.24, 2.45) is 22.8 Å². The molecular weight excluding hydrogens is 278 g/mol. The number of hydrogen-bond acceptors (Lipinski definition) is 4. The highest BCUT2D eigenvalue weighted by atomic mass is 32.1. The Morgan fingerprint density at radius 2 is 1.85 bits per heavy atom. The molecule has 1 rings (SSSR count). The van der Waals surface area contributed by atoms with E-state index in [0.717, 1.165) is 0 Å². The lowest BCUT2D eigenvalue weighted by Gasteiger charge is -2.39. The molecule has 1 fully saturated rings. The zero-order chi connectivity index (χ0) is 15.3. The molecule has 114 valence electrons. The van der Waals surface area contributed by atoms with Crippen molar-refractivity contribution in [3.63, 3.8) is 0 Å². The van der Waals surface area contributed by atoms with Crippen molar-refractivity contribution in [2.75, 3.05) is 26.3 Å². The molecule has 20 heavy (non-hydrogen) atoms. The largest absolute Gasteiger partial charge is 0.392 e. The third-order valence-electron chi connectivity index (χ3n) is 3.45. The van der Waals surface area contributed by atoms with Crippen LogP contribution in [-0.4, -0.2) is 48.0 Å². The summed E-state index contributed by atoms with van der Waals surface area (Å²) in [7, 11) is 0. The maximum atomic E-state index is 12.8. The summed E-state index contributed by atoms with van der Waals surface area (Å²) < 4.78 is 5.29. The number of rotatable bonds is 6. The van der Waals surface area contributed by atoms with E-state index in [0.29, 0.717) is 32.6 Å². The van der Waals surface area contributed by atoms with Crippen LogP contribution in [0.2, 0.25) is 0 Å². The number of hydrogen-bond donors (Lipinski definition) is 2. The number of primary amides is 1. The normalized spacial score (nSPS) is 17.8. The van der Waals surface area contributed by atoms with E-state index in [1.54, 1.807) is 0 Å². The SMILES string of the molecule is CC(C)CN(CC(N)=O)C(=O)C1(C(N)=S)CCOCC1. The molecule has 1 heterocycles. The third kappa shape index (κ3) is 3.89. The highest BCUT2D eigenvalue weighted by Crippen LogP contribution is 2.33. The summed E-state index contributed by atoms with van der Waals surface area (Å²) in [6.45, 7) is 5.16. The van der Waals surface area contributed by atoms with Crippen molar-refractivity contribution in [3.05, 3.63) is 0 Å². The standard InChI is InChI=1S/C13H23N3O3S/c1-9(2)7-16(8-10(14)17)12(18)13(11(15)20)3-5-19-6-4-13/h9H,3-8H2,1-2H3,(H2,14,17)(H2,15,20). The van der Waals surface area contributed by atoms with E-state index in [2.05, 4.69) is 0 Å². The Morgan fingerprint density at radius 3 is 2.25 bits per heavy atom. The molecule has 0 atom stereocenters. The molecule has 0 aromatic heterocycles. The van der Waals surface area contributed by atoms with Gasteiger partial charge >= 0.3 is 0 Å². The lowest BCUT2D eigenvalue weighted by molar-refractivity contribution is -0.145. The van der Waals surface area contributed by atoms with Gasteiger partial charge < -0.3 is 21.1 Å². The first kappa shape index (κ1) is 16.8. The average molecular weight is 301 g/mol. The van der Waals surface area contributed by atoms with Crippen LogP contribution >= 0.6 is 12.2 Å². The summed E-state index contributed by atoms with van der Waals surface area (Å²) in [5.41, 5.74) is 10.1. The molecule has 1 aliphatic rings. The number of amides is 2. The Balaban J connectivity index is 2.99. The quantitative estimate of drug-likeness (QED) is 0.675. The van der Waals surface area contributed by atoms with Gasteiger partial charge in [0.2, 0.25) is 11.8 Å². The van der Waals surface area contributed by atoms with Gasteiger partial charge in [-0.2, -0.15) is 0 Å². The Labute approximate surface area is 124 Å². The summed E-state index contributed by atoms with van der Waals surface area (Å²) in [4.78, 5) is 25.7. The molecule has 0 aromatic carbocycles. The first-order valence-corrected chi connectivity index (χ1v) is 7.15. The van der Waals surface area contributed by atoms with E-state index >= 15 is 0 Å². The minimum atomic E-state index is -0.905. The molecule has 0 radical (unpaired) electrons. The smallest absolute Gasteiger partial charge is 0.237 e. The molecule has 4 N–H and O–H groups in total. The molecule has 2 amide bonds. The zero-order valence-electron chi connectivity index (χ0n) is 12.1. The second kappa shape index (κ2) is 6.99. The van der Waals surface area contributed by atoms with Crippen LogP contribution < -0.4 is 11.5 Å². The fourth-order valence-electron chi connectivity index (χ4n) is 2.44. The summed E-state index contributed by atoms with van der Waals surface area (Å²) in [6, 6.07) is 0. The van der Waals surface area contributed by atoms with E-state index in [1.165, 1.54) is 4.90 Å². The first-order chi connectivity index (χ1) is 9.29. The second-order valence-corrected chi connectivity index (χ2v) is 6.04. The van der Waals surface area contributed by atoms with E-state index in [1.807, 2.05) is 13.8 Å². The van der Waals surface area contributed by atoms with Gasteiger partial charge in [0.15, 0.2) is 0 Å². The van der Waals surface area contributed by atoms with Crippen LogP contribution in [0.25, 0.3) is 0 Å². The Bertz CT molecular complexity index is 392. The molecule has 6 nitrogen and oxygen atoms in total. The van der Waals surface area contributed by atoms with E-state index in [-0.39, 0.29) is 23.4 Å². The van der Waals surface area contributed by atoms with Gasteiger partial charge in [0.25, 0.3) is 0 Å². The monoisotopic (exact) mass is 301 g/mol. The van der Waals surface area contributed by atoms with E-state index in [9.17, 15) is 9.59 Å². The second-order valence-electron chi connectivity index (χ2n) is 5.60. The third-order valence-corrected chi connectivity index (χ3v) is 3.84. The minimum absolute atomic E-state index is 0.109. The van der Waals surface area contributed by atoms with Crippen LogP contribution in [0.1, 0.15) is 26.7 Å². The molecule has 0 aliphatic carbocycles. The Kier molecular flexibility index (Phi) is 5.88. The topological polar surface area (TPSA) is 98.7 Å². The van der Waals surface area contributed by atoms with Crippen LogP contribution in [0.3, 0.4) is 0 Å². The van der Waals surface area contributed by atoms with Crippen LogP contribution in [0, 0.1) is 11.3 Å². The highest BCUT2D eigenvalue weighted by molar-refractivity contribution is 7.80. The number of ether oxygens (including phenoxy) is 1. The van der Waals surface area contributed by atoms with Gasteiger partial charge in [-0.3, -0.25) is 9.59 Å². The van der Waals surface area contributed by atoms with Gasteiger partial charge in [-0.1, -0.05) is 26.1 Å². The highest BCUT2D eigenvalue weighted by Gasteiger charge is 2.45. The zero-order valence-corrected chi connectivity index (χ0v) is 12.9. The van der Waals surface area contributed by atoms with Crippen molar-refractivity contribution in [2.45, 2.75) is 26.7 Å². The molecule has 1 aliphatic heterocycles. The van der Waals surface area contributed by atoms with Crippen molar-refractivity contribution in [1.82, 2.24) is 4.90 Å². The van der Waals surface area contributed by atoms with Crippen LogP contribution in [0.15, 0.2) is 0 Å². The number of thiocarbonyl (C=S) groups is 1. The summed E-state index contributed by atoms with van der Waals surface area (Å²) in [6.07, 6.45) is 0.906. The molecule has 0 unspecified atom stereocenters. The number of carbonyl (C=O) groups is 2. The molecule has 0 bridgehead atoms. The summed E-state index contributed by atoms with van der Waals surface area (Å²) >= 11 is 5.11. The maximum absolute atomic E-state index is 12.8. The van der Waals surface area contributed by atoms with Gasteiger partial charge in [-0.05, 0) is 18.8 Å². The molecule has 7 heteroatoms. The maximum Gasteiger partial charge on any atom is 0.237 e. The van der Waals surface area contributed by atoms with Gasteiger partial charge in [0, 0.05) is 19.8 Å². The van der Waals surface area contributed by atoms with Gasteiger partial charge in [-0.25, -0.2) is 0 Å². The minimum Gasteiger partial charge on any atom is -0.392 e. The fraction of sp³-hybridized carbons (Fsp3) is 0.769. The number of nitrogens with two attached hydrogens (primary N) is 2. The predicted octanol–water partition coefficient (Wildman–Crippen LogP) is 0.0392. The van der Waals surface area contributed by atoms with Crippen molar-refractivity contribution >= 4 is 29.0 Å². The molecule has 1 saturated heterocycles. The predicted molar refractivity (Wildman–Crippen MR) is 79.9 cm³/mol. The van der Waals surface area contributed by atoms with Crippen LogP contribution in [0.5, 0.6) is 0 Å². The van der Waals surface area contributed by atoms with Crippen molar-refractivity contribution in [3.8, 4) is 0 Å². The van der Waals surface area contributed by atoms with Crippen LogP contribution in [-0.2, 0) is 14.3 Å². The van der Waals surface area contributed by atoms with E-state index < -0.39 is 11.3 Å². The fourth-order valence-corrected chi connectivity index (χ4v) is 2.73. The summed E-state index contributed by atoms with van der Waals surface area (Å²) in [5, 5.41) is 0. The molecule has 0 saturated carbocycles. The number of carbonyl (C=O) groups excluding carboxylic acids is 2. The Morgan fingerprint density at radius 1 is 1.30 bits per heavy atom. The lowest BCUT2D eigenvalue weighted by Crippen LogP contribution is -2.55. The average Bonchev–Trinajstić information content (AvgIpc) is 2.36. The van der Waals surface area contributed by atoms with E-state index in [4.69, 9.17) is 28.4 Å². The van der Waals surface area contributed by atoms with Crippen molar-refractivity contribution < 1.29 is 14.3 Å². The lowest BCUT2D eigenvalue weighted by atomic mass is 9.78. The summed E-state index contributed by atoms with van der Waals surface area (Å²) in [5.74, 6) is -0.522. The van der Waals surface area contributed by atoms with Gasteiger partial charge in [-0.15, -0.1) is 0 Å². The molecule has 0 spiro atoms. The Hall–Kier alpha value is -1.21. The van der Waals surface area contributed by atoms with Gasteiger partial charge in [0.05, 0.1) is 11.5 Å². The van der Waals surface area contributed by atoms with Gasteiger partial charge in [0.1, 0.15) is 5.41 Å². The van der Waals surface area contributed by atoms with Crippen molar-refractivity contribution in [1.29, 1.82) is 0 Å².